The fourth-order valence-electron chi connectivity index (χ4n) is 3.06. The molecule has 0 fully saturated rings. The first-order valence-corrected chi connectivity index (χ1v) is 12.3. The predicted octanol–water partition coefficient (Wildman–Crippen LogP) is 5.31. The summed E-state index contributed by atoms with van der Waals surface area (Å²) in [4.78, 5) is 12.8. The van der Waals surface area contributed by atoms with Crippen molar-refractivity contribution in [1.82, 2.24) is 9.62 Å². The van der Waals surface area contributed by atoms with Crippen molar-refractivity contribution in [1.29, 1.82) is 0 Å². The predicted molar refractivity (Wildman–Crippen MR) is 126 cm³/mol. The summed E-state index contributed by atoms with van der Waals surface area (Å²) in [5.41, 5.74) is 1.44. The SMILES string of the molecule is C[C@@H](NC(=O)CN(Cc1ccc(Br)cc1)S(=O)(=O)c1ccc(Cl)cc1)c1ccc(F)cc1. The summed E-state index contributed by atoms with van der Waals surface area (Å²) < 4.78 is 41.7. The van der Waals surface area contributed by atoms with E-state index in [0.717, 1.165) is 14.3 Å². The van der Waals surface area contributed by atoms with Crippen LogP contribution >= 0.6 is 27.5 Å². The summed E-state index contributed by atoms with van der Waals surface area (Å²) in [5, 5.41) is 3.19. The van der Waals surface area contributed by atoms with Gasteiger partial charge in [-0.25, -0.2) is 12.8 Å². The molecule has 5 nitrogen and oxygen atoms in total. The van der Waals surface area contributed by atoms with Crippen molar-refractivity contribution in [3.63, 3.8) is 0 Å². The monoisotopic (exact) mass is 538 g/mol. The highest BCUT2D eigenvalue weighted by atomic mass is 79.9. The second kappa shape index (κ2) is 10.6. The van der Waals surface area contributed by atoms with E-state index in [1.807, 2.05) is 0 Å². The molecule has 0 saturated carbocycles. The molecule has 0 aliphatic rings. The molecule has 32 heavy (non-hydrogen) atoms. The zero-order valence-electron chi connectivity index (χ0n) is 17.1. The fourth-order valence-corrected chi connectivity index (χ4v) is 4.83. The normalized spacial score (nSPS) is 12.5. The quantitative estimate of drug-likeness (QED) is 0.422. The number of hydrogen-bond acceptors (Lipinski definition) is 3. The number of hydrogen-bond donors (Lipinski definition) is 1. The third kappa shape index (κ3) is 6.38. The number of amides is 1. The van der Waals surface area contributed by atoms with Crippen molar-refractivity contribution < 1.29 is 17.6 Å². The molecule has 0 radical (unpaired) electrons. The van der Waals surface area contributed by atoms with Crippen LogP contribution in [0.2, 0.25) is 5.02 Å². The molecule has 0 bridgehead atoms. The van der Waals surface area contributed by atoms with Gasteiger partial charge in [0.05, 0.1) is 17.5 Å². The number of nitrogens with zero attached hydrogens (tertiary/aromatic N) is 1. The minimum atomic E-state index is -3.97. The molecule has 0 aliphatic heterocycles. The van der Waals surface area contributed by atoms with E-state index >= 15 is 0 Å². The lowest BCUT2D eigenvalue weighted by Crippen LogP contribution is -2.41. The standard InChI is InChI=1S/C23H21BrClFN2O3S/c1-16(18-4-10-21(26)11-5-18)27-23(29)15-28(14-17-2-6-19(24)7-3-17)32(30,31)22-12-8-20(25)9-13-22/h2-13,16H,14-15H2,1H3,(H,27,29)/t16-/m1/s1. The van der Waals surface area contributed by atoms with Crippen molar-refractivity contribution in [2.24, 2.45) is 0 Å². The summed E-state index contributed by atoms with van der Waals surface area (Å²) in [7, 11) is -3.97. The van der Waals surface area contributed by atoms with Crippen LogP contribution in [0.1, 0.15) is 24.1 Å². The summed E-state index contributed by atoms with van der Waals surface area (Å²) in [5.74, 6) is -0.849. The van der Waals surface area contributed by atoms with E-state index in [9.17, 15) is 17.6 Å². The van der Waals surface area contributed by atoms with Crippen LogP contribution in [0, 0.1) is 5.82 Å². The highest BCUT2D eigenvalue weighted by Gasteiger charge is 2.27. The van der Waals surface area contributed by atoms with E-state index in [4.69, 9.17) is 11.6 Å². The Morgan fingerprint density at radius 3 is 2.22 bits per heavy atom. The van der Waals surface area contributed by atoms with Gasteiger partial charge in [0.1, 0.15) is 5.82 Å². The number of carbonyl (C=O) groups excluding carboxylic acids is 1. The molecule has 0 saturated heterocycles. The number of benzene rings is 3. The van der Waals surface area contributed by atoms with Gasteiger partial charge in [0.25, 0.3) is 0 Å². The van der Waals surface area contributed by atoms with Crippen LogP contribution in [-0.2, 0) is 21.4 Å². The molecule has 0 aliphatic carbocycles. The van der Waals surface area contributed by atoms with Crippen molar-refractivity contribution in [3.8, 4) is 0 Å². The van der Waals surface area contributed by atoms with E-state index in [1.54, 1.807) is 43.3 Å². The number of halogens is 3. The molecule has 3 aromatic rings. The van der Waals surface area contributed by atoms with Gasteiger partial charge in [-0.05, 0) is 66.6 Å². The van der Waals surface area contributed by atoms with Crippen LogP contribution in [0.15, 0.2) is 82.2 Å². The molecule has 0 heterocycles. The lowest BCUT2D eigenvalue weighted by atomic mass is 10.1. The Morgan fingerprint density at radius 1 is 1.03 bits per heavy atom. The minimum Gasteiger partial charge on any atom is -0.348 e. The van der Waals surface area contributed by atoms with Gasteiger partial charge in [-0.15, -0.1) is 0 Å². The van der Waals surface area contributed by atoms with Crippen LogP contribution in [0.5, 0.6) is 0 Å². The molecule has 1 amide bonds. The van der Waals surface area contributed by atoms with Gasteiger partial charge in [0.15, 0.2) is 0 Å². The topological polar surface area (TPSA) is 66.5 Å². The van der Waals surface area contributed by atoms with Gasteiger partial charge in [-0.1, -0.05) is 51.8 Å². The zero-order chi connectivity index (χ0) is 23.3. The third-order valence-electron chi connectivity index (χ3n) is 4.79. The molecule has 0 unspecified atom stereocenters. The number of sulfonamides is 1. The Bertz CT molecular complexity index is 1170. The molecule has 0 aromatic heterocycles. The first-order valence-electron chi connectivity index (χ1n) is 9.70. The van der Waals surface area contributed by atoms with E-state index in [-0.39, 0.29) is 23.8 Å². The zero-order valence-corrected chi connectivity index (χ0v) is 20.3. The lowest BCUT2D eigenvalue weighted by Gasteiger charge is -2.23. The maximum atomic E-state index is 13.3. The molecular weight excluding hydrogens is 519 g/mol. The molecule has 3 aromatic carbocycles. The van der Waals surface area contributed by atoms with Crippen LogP contribution in [-0.4, -0.2) is 25.2 Å². The number of nitrogens with one attached hydrogen (secondary N) is 1. The van der Waals surface area contributed by atoms with Crippen molar-refractivity contribution in [3.05, 3.63) is 99.2 Å². The van der Waals surface area contributed by atoms with E-state index < -0.39 is 22.0 Å². The van der Waals surface area contributed by atoms with E-state index in [1.165, 1.54) is 36.4 Å². The highest BCUT2D eigenvalue weighted by Crippen LogP contribution is 2.22. The number of carbonyl (C=O) groups is 1. The Labute approximate surface area is 200 Å². The molecule has 168 valence electrons. The molecule has 1 atom stereocenters. The van der Waals surface area contributed by atoms with Gasteiger partial charge in [-0.2, -0.15) is 4.31 Å². The molecule has 9 heteroatoms. The Morgan fingerprint density at radius 2 is 1.62 bits per heavy atom. The Hall–Kier alpha value is -2.26. The second-order valence-electron chi connectivity index (χ2n) is 7.19. The van der Waals surface area contributed by atoms with Gasteiger partial charge >= 0.3 is 0 Å². The minimum absolute atomic E-state index is 0.0105. The number of rotatable bonds is 8. The fraction of sp³-hybridized carbons (Fsp3) is 0.174. The Kier molecular flexibility index (Phi) is 8.05. The second-order valence-corrected chi connectivity index (χ2v) is 10.5. The van der Waals surface area contributed by atoms with Crippen molar-refractivity contribution >= 4 is 43.5 Å². The Balaban J connectivity index is 1.82. The van der Waals surface area contributed by atoms with Crippen LogP contribution in [0.3, 0.4) is 0 Å². The highest BCUT2D eigenvalue weighted by molar-refractivity contribution is 9.10. The molecule has 1 N–H and O–H groups in total. The molecule has 3 rings (SSSR count). The first kappa shape index (κ1) is 24.4. The molecular formula is C23H21BrClFN2O3S. The summed E-state index contributed by atoms with van der Waals surface area (Å²) >= 11 is 9.25. The third-order valence-corrected chi connectivity index (χ3v) is 7.38. The smallest absolute Gasteiger partial charge is 0.243 e. The van der Waals surface area contributed by atoms with E-state index in [2.05, 4.69) is 21.2 Å². The molecule has 0 spiro atoms. The van der Waals surface area contributed by atoms with Gasteiger partial charge in [0.2, 0.25) is 15.9 Å². The average Bonchev–Trinajstić information content (AvgIpc) is 2.75. The van der Waals surface area contributed by atoms with Crippen LogP contribution in [0.4, 0.5) is 4.39 Å². The largest absolute Gasteiger partial charge is 0.348 e. The summed E-state index contributed by atoms with van der Waals surface area (Å²) in [6, 6.07) is 18.3. The van der Waals surface area contributed by atoms with Gasteiger partial charge in [-0.3, -0.25) is 4.79 Å². The first-order chi connectivity index (χ1) is 15.1. The van der Waals surface area contributed by atoms with E-state index in [0.29, 0.717) is 10.6 Å². The van der Waals surface area contributed by atoms with Crippen LogP contribution < -0.4 is 5.32 Å². The summed E-state index contributed by atoms with van der Waals surface area (Å²) in [6.45, 7) is 1.38. The summed E-state index contributed by atoms with van der Waals surface area (Å²) in [6.07, 6.45) is 0. The van der Waals surface area contributed by atoms with Gasteiger partial charge in [0, 0.05) is 16.0 Å². The lowest BCUT2D eigenvalue weighted by molar-refractivity contribution is -0.122. The maximum absolute atomic E-state index is 13.3. The van der Waals surface area contributed by atoms with Crippen LogP contribution in [0.25, 0.3) is 0 Å². The average molecular weight is 540 g/mol. The van der Waals surface area contributed by atoms with Crippen molar-refractivity contribution in [2.75, 3.05) is 6.54 Å². The maximum Gasteiger partial charge on any atom is 0.243 e. The van der Waals surface area contributed by atoms with Crippen molar-refractivity contribution in [2.45, 2.75) is 24.4 Å². The van der Waals surface area contributed by atoms with Gasteiger partial charge < -0.3 is 5.32 Å².